The maximum atomic E-state index is 12.6. The minimum Gasteiger partial charge on any atom is -0.381 e. The molecule has 6 nitrogen and oxygen atoms in total. The summed E-state index contributed by atoms with van der Waals surface area (Å²) < 4.78 is 5.22. The van der Waals surface area contributed by atoms with Gasteiger partial charge in [-0.15, -0.1) is 0 Å². The van der Waals surface area contributed by atoms with E-state index in [1.54, 1.807) is 0 Å². The Morgan fingerprint density at radius 1 is 1.42 bits per heavy atom. The maximum absolute atomic E-state index is 12.6. The largest absolute Gasteiger partial charge is 0.381 e. The Hall–Kier alpha value is -1.61. The average Bonchev–Trinajstić information content (AvgIpc) is 2.46. The molecule has 6 heteroatoms. The number of nitrogens with one attached hydrogen (secondary N) is 1. The van der Waals surface area contributed by atoms with Crippen LogP contribution < -0.4 is 5.32 Å². The zero-order valence-electron chi connectivity index (χ0n) is 11.6. The molecule has 0 aromatic heterocycles. The van der Waals surface area contributed by atoms with Gasteiger partial charge >= 0.3 is 0 Å². The second-order valence-corrected chi connectivity index (χ2v) is 4.71. The van der Waals surface area contributed by atoms with Gasteiger partial charge in [0.05, 0.1) is 12.6 Å². The number of rotatable bonds is 5. The van der Waals surface area contributed by atoms with E-state index < -0.39 is 5.41 Å². The van der Waals surface area contributed by atoms with Gasteiger partial charge in [0.2, 0.25) is 11.8 Å². The third-order valence-electron chi connectivity index (χ3n) is 3.36. The van der Waals surface area contributed by atoms with Crippen molar-refractivity contribution in [3.63, 3.8) is 0 Å². The molecular formula is C13H21N3O3. The molecule has 106 valence electrons. The van der Waals surface area contributed by atoms with Gasteiger partial charge in [-0.25, -0.2) is 0 Å². The Morgan fingerprint density at radius 3 is 2.53 bits per heavy atom. The quantitative estimate of drug-likeness (QED) is 0.776. The number of likely N-dealkylation sites (N-methyl/N-ethyl adjacent to an activating group) is 1. The van der Waals surface area contributed by atoms with Crippen LogP contribution in [-0.2, 0) is 14.3 Å². The highest BCUT2D eigenvalue weighted by atomic mass is 16.5. The van der Waals surface area contributed by atoms with Crippen molar-refractivity contribution in [2.45, 2.75) is 26.2 Å². The summed E-state index contributed by atoms with van der Waals surface area (Å²) in [4.78, 5) is 25.5. The van der Waals surface area contributed by atoms with Crippen LogP contribution in [0, 0.1) is 16.7 Å². The third kappa shape index (κ3) is 3.67. The lowest BCUT2D eigenvalue weighted by molar-refractivity contribution is -0.146. The zero-order chi connectivity index (χ0) is 14.3. The molecule has 0 aromatic carbocycles. The predicted octanol–water partition coefficient (Wildman–Crippen LogP) is 0.291. The third-order valence-corrected chi connectivity index (χ3v) is 3.36. The highest BCUT2D eigenvalue weighted by Gasteiger charge is 2.43. The van der Waals surface area contributed by atoms with Crippen LogP contribution >= 0.6 is 0 Å². The lowest BCUT2D eigenvalue weighted by Crippen LogP contribution is -2.49. The average molecular weight is 267 g/mol. The molecule has 0 radical (unpaired) electrons. The summed E-state index contributed by atoms with van der Waals surface area (Å²) in [5.74, 6) is -0.467. The Morgan fingerprint density at radius 2 is 2.05 bits per heavy atom. The first kappa shape index (κ1) is 15.4. The topological polar surface area (TPSA) is 82.4 Å². The summed E-state index contributed by atoms with van der Waals surface area (Å²) in [6.45, 7) is 3.26. The molecule has 1 saturated heterocycles. The molecule has 1 N–H and O–H groups in total. The molecule has 1 heterocycles. The van der Waals surface area contributed by atoms with E-state index in [-0.39, 0.29) is 18.4 Å². The van der Waals surface area contributed by atoms with E-state index in [1.165, 1.54) is 11.9 Å². The smallest absolute Gasteiger partial charge is 0.243 e. The molecule has 0 atom stereocenters. The highest BCUT2D eigenvalue weighted by Crippen LogP contribution is 2.32. The fraction of sp³-hybridized carbons (Fsp3) is 0.769. The monoisotopic (exact) mass is 267 g/mol. The standard InChI is InChI=1S/C13H21N3O3/c1-3-6-16(9-11(17)15-2)12(18)13(10-14)4-7-19-8-5-13/h3-9H2,1-2H3,(H,15,17). The van der Waals surface area contributed by atoms with Gasteiger partial charge in [0.1, 0.15) is 5.41 Å². The fourth-order valence-corrected chi connectivity index (χ4v) is 2.17. The summed E-state index contributed by atoms with van der Waals surface area (Å²) in [7, 11) is 1.53. The zero-order valence-corrected chi connectivity index (χ0v) is 11.6. The van der Waals surface area contributed by atoms with Crippen molar-refractivity contribution >= 4 is 11.8 Å². The van der Waals surface area contributed by atoms with Crippen molar-refractivity contribution in [3.05, 3.63) is 0 Å². The molecule has 0 aromatic rings. The predicted molar refractivity (Wildman–Crippen MR) is 69.0 cm³/mol. The number of nitriles is 1. The molecule has 1 rings (SSSR count). The van der Waals surface area contributed by atoms with E-state index >= 15 is 0 Å². The fourth-order valence-electron chi connectivity index (χ4n) is 2.17. The molecular weight excluding hydrogens is 246 g/mol. The van der Waals surface area contributed by atoms with E-state index in [4.69, 9.17) is 4.74 Å². The van der Waals surface area contributed by atoms with Crippen molar-refractivity contribution in [1.29, 1.82) is 5.26 Å². The molecule has 0 saturated carbocycles. The number of hydrogen-bond acceptors (Lipinski definition) is 4. The SMILES string of the molecule is CCCN(CC(=O)NC)C(=O)C1(C#N)CCOCC1. The van der Waals surface area contributed by atoms with E-state index in [1.807, 2.05) is 6.92 Å². The van der Waals surface area contributed by atoms with Gasteiger partial charge in [0.15, 0.2) is 0 Å². The Labute approximate surface area is 113 Å². The van der Waals surface area contributed by atoms with Crippen molar-refractivity contribution < 1.29 is 14.3 Å². The normalized spacial score (nSPS) is 17.3. The number of amides is 2. The maximum Gasteiger partial charge on any atom is 0.243 e. The van der Waals surface area contributed by atoms with Crippen LogP contribution in [0.2, 0.25) is 0 Å². The number of nitrogens with zero attached hydrogens (tertiary/aromatic N) is 2. The van der Waals surface area contributed by atoms with Crippen molar-refractivity contribution in [2.75, 3.05) is 33.4 Å². The molecule has 0 spiro atoms. The van der Waals surface area contributed by atoms with E-state index in [2.05, 4.69) is 11.4 Å². The number of carbonyl (C=O) groups is 2. The molecule has 0 aliphatic carbocycles. The van der Waals surface area contributed by atoms with Crippen LogP contribution in [0.5, 0.6) is 0 Å². The van der Waals surface area contributed by atoms with Gasteiger partial charge < -0.3 is 15.0 Å². The van der Waals surface area contributed by atoms with Crippen molar-refractivity contribution in [1.82, 2.24) is 10.2 Å². The minimum absolute atomic E-state index is 0.00740. The van der Waals surface area contributed by atoms with Gasteiger partial charge in [-0.05, 0) is 19.3 Å². The molecule has 2 amide bonds. The lowest BCUT2D eigenvalue weighted by atomic mass is 9.80. The highest BCUT2D eigenvalue weighted by molar-refractivity contribution is 5.89. The summed E-state index contributed by atoms with van der Waals surface area (Å²) >= 11 is 0. The molecule has 1 aliphatic heterocycles. The lowest BCUT2D eigenvalue weighted by Gasteiger charge is -2.34. The summed E-state index contributed by atoms with van der Waals surface area (Å²) in [5, 5.41) is 11.9. The van der Waals surface area contributed by atoms with E-state index in [0.717, 1.165) is 6.42 Å². The Balaban J connectivity index is 2.84. The van der Waals surface area contributed by atoms with Crippen molar-refractivity contribution in [2.24, 2.45) is 5.41 Å². The van der Waals surface area contributed by atoms with E-state index in [0.29, 0.717) is 32.6 Å². The van der Waals surface area contributed by atoms with Crippen LogP contribution in [0.1, 0.15) is 26.2 Å². The number of carbonyl (C=O) groups excluding carboxylic acids is 2. The van der Waals surface area contributed by atoms with Crippen LogP contribution in [0.4, 0.5) is 0 Å². The number of ether oxygens (including phenoxy) is 1. The first-order valence-electron chi connectivity index (χ1n) is 6.58. The summed E-state index contributed by atoms with van der Waals surface area (Å²) in [6.07, 6.45) is 1.55. The van der Waals surface area contributed by atoms with Gasteiger partial charge in [0.25, 0.3) is 0 Å². The van der Waals surface area contributed by atoms with Gasteiger partial charge in [-0.2, -0.15) is 5.26 Å². The second-order valence-electron chi connectivity index (χ2n) is 4.71. The van der Waals surface area contributed by atoms with Crippen LogP contribution in [0.3, 0.4) is 0 Å². The van der Waals surface area contributed by atoms with Gasteiger partial charge in [-0.3, -0.25) is 9.59 Å². The Kier molecular flexibility index (Phi) is 5.77. The van der Waals surface area contributed by atoms with Gasteiger partial charge in [0, 0.05) is 26.8 Å². The Bertz CT molecular complexity index is 370. The molecule has 1 aliphatic rings. The van der Waals surface area contributed by atoms with Crippen LogP contribution in [0.15, 0.2) is 0 Å². The second kappa shape index (κ2) is 7.10. The van der Waals surface area contributed by atoms with Crippen LogP contribution in [0.25, 0.3) is 0 Å². The summed E-state index contributed by atoms with van der Waals surface area (Å²) in [5.41, 5.74) is -1.03. The number of hydrogen-bond donors (Lipinski definition) is 1. The molecule has 19 heavy (non-hydrogen) atoms. The van der Waals surface area contributed by atoms with E-state index in [9.17, 15) is 14.9 Å². The first-order valence-corrected chi connectivity index (χ1v) is 6.58. The minimum atomic E-state index is -1.03. The molecule has 0 bridgehead atoms. The van der Waals surface area contributed by atoms with Crippen LogP contribution in [-0.4, -0.2) is 50.1 Å². The summed E-state index contributed by atoms with van der Waals surface area (Å²) in [6, 6.07) is 2.14. The van der Waals surface area contributed by atoms with Gasteiger partial charge in [-0.1, -0.05) is 6.92 Å². The first-order chi connectivity index (χ1) is 9.09. The van der Waals surface area contributed by atoms with Crippen molar-refractivity contribution in [3.8, 4) is 6.07 Å². The molecule has 1 fully saturated rings. The molecule has 0 unspecified atom stereocenters.